The minimum atomic E-state index is -1.01. The van der Waals surface area contributed by atoms with Crippen molar-refractivity contribution in [2.75, 3.05) is 44.3 Å². The SMILES string of the molecule is Cc1ccc(S(=O)CCN2CCOCC2)c(N)c1. The van der Waals surface area contributed by atoms with Crippen molar-refractivity contribution < 1.29 is 8.95 Å². The Morgan fingerprint density at radius 1 is 1.39 bits per heavy atom. The fourth-order valence-corrected chi connectivity index (χ4v) is 3.21. The molecule has 0 saturated carbocycles. The van der Waals surface area contributed by atoms with E-state index < -0.39 is 10.8 Å². The van der Waals surface area contributed by atoms with Crippen LogP contribution in [0.2, 0.25) is 0 Å². The van der Waals surface area contributed by atoms with Gasteiger partial charge in [0.15, 0.2) is 0 Å². The summed E-state index contributed by atoms with van der Waals surface area (Å²) in [7, 11) is -1.01. The maximum atomic E-state index is 12.2. The maximum Gasteiger partial charge on any atom is 0.0618 e. The van der Waals surface area contributed by atoms with E-state index in [9.17, 15) is 4.21 Å². The first-order valence-electron chi connectivity index (χ1n) is 6.21. The molecule has 0 aromatic heterocycles. The summed E-state index contributed by atoms with van der Waals surface area (Å²) in [6.45, 7) is 6.24. The minimum Gasteiger partial charge on any atom is -0.398 e. The molecule has 0 bridgehead atoms. The van der Waals surface area contributed by atoms with Gasteiger partial charge in [-0.2, -0.15) is 0 Å². The molecule has 2 N–H and O–H groups in total. The lowest BCUT2D eigenvalue weighted by Crippen LogP contribution is -2.38. The van der Waals surface area contributed by atoms with Gasteiger partial charge in [0.1, 0.15) is 0 Å². The van der Waals surface area contributed by atoms with Crippen LogP contribution >= 0.6 is 0 Å². The van der Waals surface area contributed by atoms with Gasteiger partial charge in [-0.15, -0.1) is 0 Å². The fourth-order valence-electron chi connectivity index (χ4n) is 2.02. The van der Waals surface area contributed by atoms with E-state index in [4.69, 9.17) is 10.5 Å². The van der Waals surface area contributed by atoms with E-state index in [-0.39, 0.29) is 0 Å². The molecule has 18 heavy (non-hydrogen) atoms. The molecule has 1 unspecified atom stereocenters. The Kier molecular flexibility index (Phi) is 4.74. The second kappa shape index (κ2) is 6.31. The Hall–Kier alpha value is -0.910. The molecule has 0 spiro atoms. The molecular weight excluding hydrogens is 248 g/mol. The zero-order valence-corrected chi connectivity index (χ0v) is 11.5. The molecule has 2 rings (SSSR count). The molecule has 4 nitrogen and oxygen atoms in total. The number of benzene rings is 1. The molecule has 0 aliphatic carbocycles. The molecule has 100 valence electrons. The van der Waals surface area contributed by atoms with Gasteiger partial charge in [0.25, 0.3) is 0 Å². The summed E-state index contributed by atoms with van der Waals surface area (Å²) in [5.74, 6) is 0.632. The summed E-state index contributed by atoms with van der Waals surface area (Å²) in [5, 5.41) is 0. The molecule has 0 radical (unpaired) electrons. The summed E-state index contributed by atoms with van der Waals surface area (Å²) in [4.78, 5) is 3.04. The Balaban J connectivity index is 1.90. The number of hydrogen-bond acceptors (Lipinski definition) is 4. The number of rotatable bonds is 4. The van der Waals surface area contributed by atoms with E-state index in [1.54, 1.807) is 0 Å². The lowest BCUT2D eigenvalue weighted by Gasteiger charge is -2.26. The molecular formula is C13H20N2O2S. The van der Waals surface area contributed by atoms with Crippen molar-refractivity contribution in [3.8, 4) is 0 Å². The van der Waals surface area contributed by atoms with Gasteiger partial charge < -0.3 is 10.5 Å². The van der Waals surface area contributed by atoms with Crippen molar-refractivity contribution in [1.29, 1.82) is 0 Å². The van der Waals surface area contributed by atoms with Gasteiger partial charge in [-0.3, -0.25) is 9.11 Å². The van der Waals surface area contributed by atoms with E-state index in [0.717, 1.165) is 43.3 Å². The highest BCUT2D eigenvalue weighted by atomic mass is 32.2. The van der Waals surface area contributed by atoms with Crippen LogP contribution in [-0.4, -0.2) is 47.7 Å². The summed E-state index contributed by atoms with van der Waals surface area (Å²) in [5.41, 5.74) is 7.64. The van der Waals surface area contributed by atoms with E-state index in [2.05, 4.69) is 4.90 Å². The van der Waals surface area contributed by atoms with Crippen molar-refractivity contribution in [2.45, 2.75) is 11.8 Å². The molecule has 1 aliphatic heterocycles. The Morgan fingerprint density at radius 3 is 2.78 bits per heavy atom. The molecule has 1 aromatic carbocycles. The number of ether oxygens (including phenoxy) is 1. The molecule has 1 aliphatic rings. The predicted octanol–water partition coefficient (Wildman–Crippen LogP) is 1.02. The lowest BCUT2D eigenvalue weighted by atomic mass is 10.2. The normalized spacial score (nSPS) is 18.7. The molecule has 5 heteroatoms. The summed E-state index contributed by atoms with van der Waals surface area (Å²) >= 11 is 0. The summed E-state index contributed by atoms with van der Waals surface area (Å²) < 4.78 is 17.5. The van der Waals surface area contributed by atoms with Crippen LogP contribution in [0.4, 0.5) is 5.69 Å². The maximum absolute atomic E-state index is 12.2. The van der Waals surface area contributed by atoms with E-state index in [0.29, 0.717) is 11.4 Å². The van der Waals surface area contributed by atoms with Crippen molar-refractivity contribution in [3.05, 3.63) is 23.8 Å². The first kappa shape index (κ1) is 13.5. The first-order valence-corrected chi connectivity index (χ1v) is 7.53. The van der Waals surface area contributed by atoms with E-state index in [1.807, 2.05) is 25.1 Å². The van der Waals surface area contributed by atoms with Crippen LogP contribution in [0.1, 0.15) is 5.56 Å². The Bertz CT molecular complexity index is 431. The second-order valence-corrected chi connectivity index (χ2v) is 6.08. The molecule has 1 heterocycles. The first-order chi connectivity index (χ1) is 8.66. The standard InChI is InChI=1S/C13H20N2O2S/c1-11-2-3-13(12(14)10-11)18(16)9-6-15-4-7-17-8-5-15/h2-3,10H,4-9,14H2,1H3. The third kappa shape index (κ3) is 3.54. The van der Waals surface area contributed by atoms with Gasteiger partial charge in [0.05, 0.1) is 28.9 Å². The van der Waals surface area contributed by atoms with Crippen LogP contribution in [0, 0.1) is 6.92 Å². The minimum absolute atomic E-state index is 0.632. The Morgan fingerprint density at radius 2 is 2.11 bits per heavy atom. The van der Waals surface area contributed by atoms with E-state index >= 15 is 0 Å². The smallest absolute Gasteiger partial charge is 0.0618 e. The van der Waals surface area contributed by atoms with Gasteiger partial charge in [-0.05, 0) is 24.6 Å². The van der Waals surface area contributed by atoms with E-state index in [1.165, 1.54) is 0 Å². The topological polar surface area (TPSA) is 55.6 Å². The van der Waals surface area contributed by atoms with Crippen LogP contribution in [0.25, 0.3) is 0 Å². The average Bonchev–Trinajstić information content (AvgIpc) is 2.37. The molecule has 0 amide bonds. The zero-order valence-electron chi connectivity index (χ0n) is 10.7. The predicted molar refractivity (Wildman–Crippen MR) is 74.1 cm³/mol. The summed E-state index contributed by atoms with van der Waals surface area (Å²) in [6.07, 6.45) is 0. The van der Waals surface area contributed by atoms with Crippen LogP contribution in [0.5, 0.6) is 0 Å². The van der Waals surface area contributed by atoms with Gasteiger partial charge >= 0.3 is 0 Å². The van der Waals surface area contributed by atoms with Crippen molar-refractivity contribution in [1.82, 2.24) is 4.90 Å². The number of morpholine rings is 1. The lowest BCUT2D eigenvalue weighted by molar-refractivity contribution is 0.0409. The van der Waals surface area contributed by atoms with Gasteiger partial charge in [0, 0.05) is 31.1 Å². The third-order valence-corrected chi connectivity index (χ3v) is 4.52. The largest absolute Gasteiger partial charge is 0.398 e. The average molecular weight is 268 g/mol. The van der Waals surface area contributed by atoms with Gasteiger partial charge in [0.2, 0.25) is 0 Å². The molecule has 1 atom stereocenters. The zero-order chi connectivity index (χ0) is 13.0. The number of anilines is 1. The number of aryl methyl sites for hydroxylation is 1. The third-order valence-electron chi connectivity index (χ3n) is 3.11. The quantitative estimate of drug-likeness (QED) is 0.828. The van der Waals surface area contributed by atoms with Crippen LogP contribution in [0.15, 0.2) is 23.1 Å². The molecule has 1 saturated heterocycles. The van der Waals surface area contributed by atoms with Gasteiger partial charge in [-0.1, -0.05) is 6.07 Å². The van der Waals surface area contributed by atoms with Crippen molar-refractivity contribution >= 4 is 16.5 Å². The molecule has 1 aromatic rings. The highest BCUT2D eigenvalue weighted by Crippen LogP contribution is 2.18. The Labute approximate surface area is 111 Å². The number of nitrogens with zero attached hydrogens (tertiary/aromatic N) is 1. The number of hydrogen-bond donors (Lipinski definition) is 1. The second-order valence-electron chi connectivity index (χ2n) is 4.54. The van der Waals surface area contributed by atoms with Crippen LogP contribution in [-0.2, 0) is 15.5 Å². The van der Waals surface area contributed by atoms with Crippen LogP contribution < -0.4 is 5.73 Å². The monoisotopic (exact) mass is 268 g/mol. The highest BCUT2D eigenvalue weighted by Gasteiger charge is 2.13. The number of nitrogen functional groups attached to an aromatic ring is 1. The fraction of sp³-hybridized carbons (Fsp3) is 0.538. The van der Waals surface area contributed by atoms with Crippen LogP contribution in [0.3, 0.4) is 0 Å². The number of nitrogens with two attached hydrogens (primary N) is 1. The summed E-state index contributed by atoms with van der Waals surface area (Å²) in [6, 6.07) is 5.71. The van der Waals surface area contributed by atoms with Crippen molar-refractivity contribution in [3.63, 3.8) is 0 Å². The van der Waals surface area contributed by atoms with Crippen molar-refractivity contribution in [2.24, 2.45) is 0 Å². The molecule has 1 fully saturated rings. The van der Waals surface area contributed by atoms with Gasteiger partial charge in [-0.25, -0.2) is 0 Å². The highest BCUT2D eigenvalue weighted by molar-refractivity contribution is 7.85.